The SMILES string of the molecule is [2H]C(CCC)Nc1cc(C(=O)O)cc(S(N)(=O)=O)c1Oc1ccccc1. The number of carboxylic acid groups (broad SMARTS) is 1. The molecule has 0 fully saturated rings. The summed E-state index contributed by atoms with van der Waals surface area (Å²) in [6.45, 7) is 1.13. The van der Waals surface area contributed by atoms with Gasteiger partial charge in [-0.1, -0.05) is 31.5 Å². The number of benzene rings is 2. The van der Waals surface area contributed by atoms with E-state index in [9.17, 15) is 18.3 Å². The minimum Gasteiger partial charge on any atom is -0.478 e. The summed E-state index contributed by atoms with van der Waals surface area (Å²) < 4.78 is 37.7. The summed E-state index contributed by atoms with van der Waals surface area (Å²) in [5, 5.41) is 17.3. The second-order valence-corrected chi connectivity index (χ2v) is 6.78. The van der Waals surface area contributed by atoms with Gasteiger partial charge >= 0.3 is 5.97 Å². The highest BCUT2D eigenvalue weighted by Crippen LogP contribution is 2.37. The van der Waals surface area contributed by atoms with Crippen LogP contribution in [0.4, 0.5) is 5.69 Å². The lowest BCUT2D eigenvalue weighted by Gasteiger charge is -2.17. The van der Waals surface area contributed by atoms with Crippen LogP contribution in [0.1, 0.15) is 31.5 Å². The predicted molar refractivity (Wildman–Crippen MR) is 94.7 cm³/mol. The van der Waals surface area contributed by atoms with Crippen molar-refractivity contribution in [3.05, 3.63) is 48.0 Å². The zero-order chi connectivity index (χ0) is 19.3. The molecule has 0 saturated heterocycles. The van der Waals surface area contributed by atoms with Gasteiger partial charge in [0.25, 0.3) is 0 Å². The molecule has 0 spiro atoms. The number of sulfonamides is 1. The lowest BCUT2D eigenvalue weighted by atomic mass is 10.1. The Labute approximate surface area is 147 Å². The van der Waals surface area contributed by atoms with Crippen molar-refractivity contribution in [3.63, 3.8) is 0 Å². The molecule has 0 radical (unpaired) electrons. The number of primary sulfonamides is 1. The molecular weight excluding hydrogens is 344 g/mol. The van der Waals surface area contributed by atoms with E-state index in [0.717, 1.165) is 12.5 Å². The number of anilines is 1. The third-order valence-electron chi connectivity index (χ3n) is 3.26. The normalized spacial score (nSPS) is 13.0. The number of carboxylic acids is 1. The third-order valence-corrected chi connectivity index (χ3v) is 4.18. The number of nitrogens with one attached hydrogen (secondary N) is 1. The highest BCUT2D eigenvalue weighted by molar-refractivity contribution is 7.89. The van der Waals surface area contributed by atoms with Gasteiger partial charge in [0.15, 0.2) is 5.75 Å². The molecule has 1 atom stereocenters. The third kappa shape index (κ3) is 4.94. The molecule has 2 aromatic rings. The summed E-state index contributed by atoms with van der Waals surface area (Å²) in [6, 6.07) is 10.6. The predicted octanol–water partition coefficient (Wildman–Crippen LogP) is 3.04. The summed E-state index contributed by atoms with van der Waals surface area (Å²) in [4.78, 5) is 10.9. The van der Waals surface area contributed by atoms with Crippen LogP contribution in [0.25, 0.3) is 0 Å². The van der Waals surface area contributed by atoms with Gasteiger partial charge in [0.2, 0.25) is 10.0 Å². The van der Waals surface area contributed by atoms with Gasteiger partial charge in [-0.3, -0.25) is 0 Å². The smallest absolute Gasteiger partial charge is 0.335 e. The molecule has 1 unspecified atom stereocenters. The summed E-state index contributed by atoms with van der Waals surface area (Å²) >= 11 is 0. The Balaban J connectivity index is 2.64. The Morgan fingerprint density at radius 1 is 1.32 bits per heavy atom. The fourth-order valence-electron chi connectivity index (χ4n) is 2.08. The minimum atomic E-state index is -4.27. The van der Waals surface area contributed by atoms with E-state index in [-0.39, 0.29) is 17.0 Å². The number of para-hydroxylation sites is 1. The molecule has 0 aliphatic carbocycles. The molecule has 134 valence electrons. The second-order valence-electron chi connectivity index (χ2n) is 5.25. The van der Waals surface area contributed by atoms with Crippen LogP contribution in [0, 0.1) is 0 Å². The maximum Gasteiger partial charge on any atom is 0.335 e. The van der Waals surface area contributed by atoms with E-state index in [1.54, 1.807) is 30.3 Å². The van der Waals surface area contributed by atoms with E-state index in [1.165, 1.54) is 6.07 Å². The highest BCUT2D eigenvalue weighted by Gasteiger charge is 2.23. The molecule has 25 heavy (non-hydrogen) atoms. The van der Waals surface area contributed by atoms with Crippen molar-refractivity contribution in [1.82, 2.24) is 0 Å². The fraction of sp³-hybridized carbons (Fsp3) is 0.235. The average Bonchev–Trinajstić information content (AvgIpc) is 2.56. The van der Waals surface area contributed by atoms with Crippen LogP contribution in [-0.2, 0) is 10.0 Å². The first-order valence-electron chi connectivity index (χ1n) is 8.16. The standard InChI is InChI=1S/C17H20N2O5S/c1-2-3-9-19-14-10-12(17(20)21)11-15(25(18,22)23)16(14)24-13-7-5-4-6-8-13/h4-8,10-11,19H,2-3,9H2,1H3,(H,20,21)(H2,18,22,23)/i9D. The molecule has 2 aromatic carbocycles. The van der Waals surface area contributed by atoms with E-state index >= 15 is 0 Å². The quantitative estimate of drug-likeness (QED) is 0.661. The largest absolute Gasteiger partial charge is 0.478 e. The molecule has 0 aliphatic rings. The Morgan fingerprint density at radius 3 is 2.56 bits per heavy atom. The van der Waals surface area contributed by atoms with Gasteiger partial charge in [0.1, 0.15) is 10.6 Å². The number of hydrogen-bond donors (Lipinski definition) is 3. The van der Waals surface area contributed by atoms with Crippen LogP contribution < -0.4 is 15.2 Å². The summed E-state index contributed by atoms with van der Waals surface area (Å²) in [6.07, 6.45) is 1.20. The fourth-order valence-corrected chi connectivity index (χ4v) is 2.78. The van der Waals surface area contributed by atoms with Crippen LogP contribution in [-0.4, -0.2) is 26.0 Å². The van der Waals surface area contributed by atoms with Crippen molar-refractivity contribution in [2.75, 3.05) is 11.8 Å². The maximum absolute atomic E-state index is 12.0. The number of rotatable bonds is 8. The van der Waals surface area contributed by atoms with E-state index in [4.69, 9.17) is 11.2 Å². The molecule has 7 nitrogen and oxygen atoms in total. The van der Waals surface area contributed by atoms with Crippen molar-refractivity contribution in [1.29, 1.82) is 0 Å². The van der Waals surface area contributed by atoms with E-state index < -0.39 is 27.4 Å². The number of hydrogen-bond acceptors (Lipinski definition) is 5. The van der Waals surface area contributed by atoms with Gasteiger partial charge in [-0.25, -0.2) is 18.4 Å². The Morgan fingerprint density at radius 2 is 2.00 bits per heavy atom. The molecule has 8 heteroatoms. The van der Waals surface area contributed by atoms with Crippen LogP contribution in [0.5, 0.6) is 11.5 Å². The first kappa shape index (κ1) is 17.2. The topological polar surface area (TPSA) is 119 Å². The first-order chi connectivity index (χ1) is 12.2. The maximum atomic E-state index is 12.0. The number of nitrogens with two attached hydrogens (primary N) is 1. The lowest BCUT2D eigenvalue weighted by Crippen LogP contribution is -2.16. The van der Waals surface area contributed by atoms with Crippen molar-refractivity contribution in [2.24, 2.45) is 5.14 Å². The van der Waals surface area contributed by atoms with E-state index in [2.05, 4.69) is 5.32 Å². The Kier molecular flexibility index (Phi) is 5.52. The molecule has 4 N–H and O–H groups in total. The van der Waals surface area contributed by atoms with Gasteiger partial charge in [-0.05, 0) is 30.7 Å². The number of carbonyl (C=O) groups is 1. The van der Waals surface area contributed by atoms with Crippen molar-refractivity contribution < 1.29 is 24.4 Å². The van der Waals surface area contributed by atoms with Crippen molar-refractivity contribution in [2.45, 2.75) is 24.7 Å². The molecular formula is C17H20N2O5S. The zero-order valence-corrected chi connectivity index (χ0v) is 14.4. The van der Waals surface area contributed by atoms with Gasteiger partial charge in [-0.15, -0.1) is 0 Å². The summed E-state index contributed by atoms with van der Waals surface area (Å²) in [5.74, 6) is -1.11. The lowest BCUT2D eigenvalue weighted by molar-refractivity contribution is 0.0696. The van der Waals surface area contributed by atoms with Gasteiger partial charge < -0.3 is 15.2 Å². The van der Waals surface area contributed by atoms with Crippen molar-refractivity contribution in [3.8, 4) is 11.5 Å². The summed E-state index contributed by atoms with van der Waals surface area (Å²) in [7, 11) is -4.27. The van der Waals surface area contributed by atoms with Gasteiger partial charge in [-0.2, -0.15) is 0 Å². The van der Waals surface area contributed by atoms with Gasteiger partial charge in [0, 0.05) is 7.89 Å². The summed E-state index contributed by atoms with van der Waals surface area (Å²) in [5.41, 5.74) is -0.202. The molecule has 0 aliphatic heterocycles. The van der Waals surface area contributed by atoms with Crippen LogP contribution in [0.15, 0.2) is 47.4 Å². The molecule has 0 heterocycles. The second kappa shape index (κ2) is 8.00. The molecule has 0 aromatic heterocycles. The first-order valence-corrected chi connectivity index (χ1v) is 9.12. The van der Waals surface area contributed by atoms with Crippen molar-refractivity contribution >= 4 is 21.7 Å². The van der Waals surface area contributed by atoms with E-state index in [1.807, 2.05) is 6.92 Å². The van der Waals surface area contributed by atoms with Crippen LogP contribution in [0.3, 0.4) is 0 Å². The Hall–Kier alpha value is -2.58. The molecule has 0 saturated carbocycles. The Bertz CT molecular complexity index is 888. The molecule has 2 rings (SSSR count). The average molecular weight is 365 g/mol. The minimum absolute atomic E-state index is 0.0752. The molecule has 0 amide bonds. The molecule has 0 bridgehead atoms. The zero-order valence-electron chi connectivity index (χ0n) is 14.6. The highest BCUT2D eigenvalue weighted by atomic mass is 32.2. The van der Waals surface area contributed by atoms with Crippen LogP contribution >= 0.6 is 0 Å². The van der Waals surface area contributed by atoms with Gasteiger partial charge in [0.05, 0.1) is 11.3 Å². The number of ether oxygens (including phenoxy) is 1. The van der Waals surface area contributed by atoms with Crippen LogP contribution in [0.2, 0.25) is 0 Å². The van der Waals surface area contributed by atoms with E-state index in [0.29, 0.717) is 12.2 Å². The number of aromatic carboxylic acids is 1. The monoisotopic (exact) mass is 365 g/mol.